The first-order valence-corrected chi connectivity index (χ1v) is 8.70. The lowest BCUT2D eigenvalue weighted by Gasteiger charge is -2.31. The van der Waals surface area contributed by atoms with E-state index in [2.05, 4.69) is 20.2 Å². The van der Waals surface area contributed by atoms with E-state index < -0.39 is 11.7 Å². The minimum Gasteiger partial charge on any atom is -0.351 e. The Morgan fingerprint density at radius 1 is 1.19 bits per heavy atom. The number of alkyl halides is 3. The highest BCUT2D eigenvalue weighted by Crippen LogP contribution is 2.34. The Kier molecular flexibility index (Phi) is 3.34. The molecule has 1 aliphatic heterocycles. The van der Waals surface area contributed by atoms with Crippen molar-refractivity contribution in [2.24, 2.45) is 0 Å². The Labute approximate surface area is 150 Å². The number of rotatable bonds is 1. The van der Waals surface area contributed by atoms with Gasteiger partial charge >= 0.3 is 11.9 Å². The van der Waals surface area contributed by atoms with Crippen molar-refractivity contribution in [3.8, 4) is 0 Å². The van der Waals surface area contributed by atoms with Crippen LogP contribution in [-0.4, -0.2) is 31.1 Å². The van der Waals surface area contributed by atoms with Crippen molar-refractivity contribution in [2.75, 3.05) is 11.4 Å². The molecule has 1 N–H and O–H groups in total. The number of nitrogens with one attached hydrogen (secondary N) is 1. The molecule has 0 fully saturated rings. The minimum absolute atomic E-state index is 0.295. The van der Waals surface area contributed by atoms with Gasteiger partial charge in [-0.2, -0.15) is 18.2 Å². The second-order valence-corrected chi connectivity index (χ2v) is 6.88. The summed E-state index contributed by atoms with van der Waals surface area (Å²) in [5.74, 6) is 1.00. The Balaban J connectivity index is 1.59. The summed E-state index contributed by atoms with van der Waals surface area (Å²) in [6.07, 6.45) is -0.528. The molecule has 27 heavy (non-hydrogen) atoms. The molecule has 3 aromatic rings. The van der Waals surface area contributed by atoms with E-state index in [0.29, 0.717) is 42.4 Å². The van der Waals surface area contributed by atoms with Crippen molar-refractivity contribution in [2.45, 2.75) is 38.4 Å². The van der Waals surface area contributed by atoms with Gasteiger partial charge in [-0.3, -0.25) is 4.98 Å². The third kappa shape index (κ3) is 2.50. The first-order chi connectivity index (χ1) is 12.9. The number of aryl methyl sites for hydroxylation is 1. The average Bonchev–Trinajstić information content (AvgIpc) is 3.26. The summed E-state index contributed by atoms with van der Waals surface area (Å²) in [5.41, 5.74) is 2.06. The van der Waals surface area contributed by atoms with Gasteiger partial charge in [0.2, 0.25) is 0 Å². The molecule has 10 heteroatoms. The van der Waals surface area contributed by atoms with Crippen LogP contribution in [0.15, 0.2) is 17.1 Å². The molecule has 5 rings (SSSR count). The maximum absolute atomic E-state index is 13.0. The van der Waals surface area contributed by atoms with Crippen LogP contribution in [-0.2, 0) is 32.0 Å². The lowest BCUT2D eigenvalue weighted by Crippen LogP contribution is -2.33. The quantitative estimate of drug-likeness (QED) is 0.702. The molecule has 0 bridgehead atoms. The highest BCUT2D eigenvalue weighted by atomic mass is 19.4. The van der Waals surface area contributed by atoms with E-state index in [4.69, 9.17) is 0 Å². The van der Waals surface area contributed by atoms with Crippen molar-refractivity contribution >= 4 is 11.6 Å². The summed E-state index contributed by atoms with van der Waals surface area (Å²) in [7, 11) is 0. The van der Waals surface area contributed by atoms with Crippen LogP contribution >= 0.6 is 0 Å². The molecular weight excluding hydrogens is 361 g/mol. The van der Waals surface area contributed by atoms with Gasteiger partial charge in [0.25, 0.3) is 5.78 Å². The molecule has 1 aliphatic carbocycles. The highest BCUT2D eigenvalue weighted by Gasteiger charge is 2.33. The van der Waals surface area contributed by atoms with Gasteiger partial charge in [0, 0.05) is 42.7 Å². The van der Waals surface area contributed by atoms with Crippen LogP contribution in [0.1, 0.15) is 34.5 Å². The number of hydrogen-bond acceptors (Lipinski definition) is 5. The Morgan fingerprint density at radius 3 is 2.85 bits per heavy atom. The fourth-order valence-electron chi connectivity index (χ4n) is 4.01. The van der Waals surface area contributed by atoms with E-state index in [1.165, 1.54) is 10.5 Å². The smallest absolute Gasteiger partial charge is 0.351 e. The molecule has 0 saturated carbocycles. The molecule has 0 aromatic carbocycles. The second kappa shape index (κ2) is 5.54. The SMILES string of the molecule is O=c1[nH]nc2nc(N3CCc4ncc(C(F)(F)F)cc4C3)c3c(n12)CCC3. The van der Waals surface area contributed by atoms with Crippen molar-refractivity contribution in [1.29, 1.82) is 0 Å². The lowest BCUT2D eigenvalue weighted by atomic mass is 10.0. The molecule has 0 spiro atoms. The van der Waals surface area contributed by atoms with Gasteiger partial charge in [0.1, 0.15) is 5.82 Å². The fourth-order valence-corrected chi connectivity index (χ4v) is 4.01. The summed E-state index contributed by atoms with van der Waals surface area (Å²) >= 11 is 0. The van der Waals surface area contributed by atoms with Crippen molar-refractivity contribution in [3.05, 3.63) is 50.8 Å². The number of pyridine rings is 1. The number of halogens is 3. The summed E-state index contributed by atoms with van der Waals surface area (Å²) in [6, 6.07) is 1.17. The molecule has 4 heterocycles. The van der Waals surface area contributed by atoms with Gasteiger partial charge in [-0.15, -0.1) is 5.10 Å². The predicted octanol–water partition coefficient (Wildman–Crippen LogP) is 1.88. The van der Waals surface area contributed by atoms with Crippen LogP contribution in [0.5, 0.6) is 0 Å². The zero-order valence-corrected chi connectivity index (χ0v) is 14.2. The van der Waals surface area contributed by atoms with Gasteiger partial charge in [0.05, 0.1) is 5.56 Å². The summed E-state index contributed by atoms with van der Waals surface area (Å²) in [5, 5.41) is 6.39. The van der Waals surface area contributed by atoms with Crippen LogP contribution in [0.25, 0.3) is 5.78 Å². The highest BCUT2D eigenvalue weighted by molar-refractivity contribution is 5.57. The maximum Gasteiger partial charge on any atom is 0.417 e. The largest absolute Gasteiger partial charge is 0.417 e. The minimum atomic E-state index is -4.42. The molecule has 0 atom stereocenters. The van der Waals surface area contributed by atoms with Crippen LogP contribution < -0.4 is 10.6 Å². The normalized spacial score (nSPS) is 16.6. The number of aromatic amines is 1. The van der Waals surface area contributed by atoms with Gasteiger partial charge < -0.3 is 4.90 Å². The molecular formula is C17H15F3N6O. The van der Waals surface area contributed by atoms with E-state index in [9.17, 15) is 18.0 Å². The lowest BCUT2D eigenvalue weighted by molar-refractivity contribution is -0.137. The van der Waals surface area contributed by atoms with Crippen LogP contribution in [0.3, 0.4) is 0 Å². The van der Waals surface area contributed by atoms with E-state index in [1.807, 2.05) is 4.90 Å². The Hall–Kier alpha value is -2.91. The van der Waals surface area contributed by atoms with Crippen molar-refractivity contribution in [1.82, 2.24) is 24.6 Å². The zero-order valence-electron chi connectivity index (χ0n) is 14.2. The molecule has 7 nitrogen and oxygen atoms in total. The van der Waals surface area contributed by atoms with Crippen LogP contribution in [0, 0.1) is 0 Å². The number of hydrogen-bond donors (Lipinski definition) is 1. The third-order valence-electron chi connectivity index (χ3n) is 5.26. The monoisotopic (exact) mass is 376 g/mol. The first kappa shape index (κ1) is 16.3. The van der Waals surface area contributed by atoms with Gasteiger partial charge in [0.15, 0.2) is 0 Å². The number of aromatic nitrogens is 5. The molecule has 0 saturated heterocycles. The van der Waals surface area contributed by atoms with Crippen LogP contribution in [0.2, 0.25) is 0 Å². The topological polar surface area (TPSA) is 79.2 Å². The molecule has 140 valence electrons. The Bertz CT molecular complexity index is 1120. The molecule has 0 radical (unpaired) electrons. The van der Waals surface area contributed by atoms with E-state index in [0.717, 1.165) is 36.7 Å². The van der Waals surface area contributed by atoms with Crippen molar-refractivity contribution in [3.63, 3.8) is 0 Å². The predicted molar refractivity (Wildman–Crippen MR) is 89.6 cm³/mol. The number of anilines is 1. The summed E-state index contributed by atoms with van der Waals surface area (Å²) < 4.78 is 40.6. The standard InChI is InChI=1S/C17H15F3N6O/c18-17(19,20)10-6-9-8-25(5-4-12(9)21-7-10)14-11-2-1-3-13(11)26-15(22-14)23-24-16(26)27/h6-7H,1-5,8H2,(H,24,27). The second-order valence-electron chi connectivity index (χ2n) is 6.88. The summed E-state index contributed by atoms with van der Waals surface area (Å²) in [6.45, 7) is 0.909. The molecule has 0 unspecified atom stereocenters. The number of fused-ring (bicyclic) bond motifs is 4. The van der Waals surface area contributed by atoms with E-state index >= 15 is 0 Å². The molecule has 3 aromatic heterocycles. The Morgan fingerprint density at radius 2 is 2.04 bits per heavy atom. The zero-order chi connectivity index (χ0) is 18.8. The summed E-state index contributed by atoms with van der Waals surface area (Å²) in [4.78, 5) is 22.5. The number of H-pyrrole nitrogens is 1. The van der Waals surface area contributed by atoms with Gasteiger partial charge in [-0.05, 0) is 30.9 Å². The fraction of sp³-hybridized carbons (Fsp3) is 0.412. The molecule has 2 aliphatic rings. The third-order valence-corrected chi connectivity index (χ3v) is 5.26. The van der Waals surface area contributed by atoms with Crippen LogP contribution in [0.4, 0.5) is 19.0 Å². The van der Waals surface area contributed by atoms with E-state index in [-0.39, 0.29) is 5.69 Å². The van der Waals surface area contributed by atoms with Crippen molar-refractivity contribution < 1.29 is 13.2 Å². The first-order valence-electron chi connectivity index (χ1n) is 8.70. The van der Waals surface area contributed by atoms with Gasteiger partial charge in [-0.1, -0.05) is 0 Å². The van der Waals surface area contributed by atoms with E-state index in [1.54, 1.807) is 0 Å². The van der Waals surface area contributed by atoms with Gasteiger partial charge in [-0.25, -0.2) is 14.3 Å². The average molecular weight is 376 g/mol. The number of nitrogens with zero attached hydrogens (tertiary/aromatic N) is 5. The maximum atomic E-state index is 13.0. The molecule has 0 amide bonds.